The van der Waals surface area contributed by atoms with E-state index in [0.29, 0.717) is 0 Å². The van der Waals surface area contributed by atoms with Gasteiger partial charge in [0.1, 0.15) is 0 Å². The Morgan fingerprint density at radius 2 is 1.91 bits per heavy atom. The van der Waals surface area contributed by atoms with Crippen LogP contribution in [0.15, 0.2) is 12.3 Å². The summed E-state index contributed by atoms with van der Waals surface area (Å²) in [7, 11) is 2.19. The molecule has 0 radical (unpaired) electrons. The first-order valence-electron chi connectivity index (χ1n) is 4.38. The lowest BCUT2D eigenvalue weighted by atomic mass is 10.4. The van der Waals surface area contributed by atoms with E-state index < -0.39 is 0 Å². The van der Waals surface area contributed by atoms with Gasteiger partial charge in [-0.15, -0.1) is 0 Å². The summed E-state index contributed by atoms with van der Waals surface area (Å²) < 4.78 is 0. The summed E-state index contributed by atoms with van der Waals surface area (Å²) in [6.45, 7) is 6.92. The second kappa shape index (κ2) is 4.39. The Bertz CT molecular complexity index is 132. The molecule has 1 heterocycles. The molecule has 0 N–H and O–H groups in total. The molecule has 0 amide bonds. The molecule has 0 aromatic rings. The molecule has 11 heavy (non-hydrogen) atoms. The zero-order valence-corrected chi connectivity index (χ0v) is 7.58. The summed E-state index contributed by atoms with van der Waals surface area (Å²) >= 11 is 0. The van der Waals surface area contributed by atoms with E-state index in [0.717, 1.165) is 0 Å². The number of hydrogen-bond acceptors (Lipinski definition) is 2. The van der Waals surface area contributed by atoms with E-state index in [1.165, 1.54) is 32.6 Å². The predicted octanol–water partition coefficient (Wildman–Crippen LogP) is 1.16. The third kappa shape index (κ3) is 2.93. The highest BCUT2D eigenvalue weighted by molar-refractivity contribution is 4.80. The number of rotatable bonds is 1. The average Bonchev–Trinajstić information content (AvgIpc) is 2.17. The topological polar surface area (TPSA) is 6.48 Å². The first-order valence-corrected chi connectivity index (χ1v) is 4.38. The van der Waals surface area contributed by atoms with Crippen LogP contribution in [-0.4, -0.2) is 43.0 Å². The molecule has 1 saturated heterocycles. The van der Waals surface area contributed by atoms with Crippen molar-refractivity contribution in [1.29, 1.82) is 0 Å². The van der Waals surface area contributed by atoms with E-state index in [2.05, 4.69) is 36.0 Å². The van der Waals surface area contributed by atoms with Crippen LogP contribution in [0.2, 0.25) is 0 Å². The summed E-state index contributed by atoms with van der Waals surface area (Å²) in [5, 5.41) is 0. The van der Waals surface area contributed by atoms with Gasteiger partial charge in [0, 0.05) is 19.6 Å². The lowest BCUT2D eigenvalue weighted by Crippen LogP contribution is -2.24. The highest BCUT2D eigenvalue weighted by Crippen LogP contribution is 2.00. The van der Waals surface area contributed by atoms with Crippen molar-refractivity contribution in [1.82, 2.24) is 9.80 Å². The molecular formula is C9H18N2. The van der Waals surface area contributed by atoms with E-state index in [9.17, 15) is 0 Å². The standard InChI is InChI=1S/C9H18N2/c1-3-5-11-7-4-6-10(2)8-9-11/h3,5H,4,6-9H2,1-2H3/b5-3-. The largest absolute Gasteiger partial charge is 0.376 e. The van der Waals surface area contributed by atoms with Crippen molar-refractivity contribution in [3.8, 4) is 0 Å². The second-order valence-corrected chi connectivity index (χ2v) is 3.18. The molecule has 2 nitrogen and oxygen atoms in total. The monoisotopic (exact) mass is 154 g/mol. The maximum Gasteiger partial charge on any atom is 0.0300 e. The van der Waals surface area contributed by atoms with Gasteiger partial charge in [-0.1, -0.05) is 6.08 Å². The van der Waals surface area contributed by atoms with Crippen LogP contribution in [0.3, 0.4) is 0 Å². The van der Waals surface area contributed by atoms with E-state index in [1.54, 1.807) is 0 Å². The highest BCUT2D eigenvalue weighted by atomic mass is 15.2. The number of hydrogen-bond donors (Lipinski definition) is 0. The Hall–Kier alpha value is -0.500. The number of nitrogens with zero attached hydrogens (tertiary/aromatic N) is 2. The summed E-state index contributed by atoms with van der Waals surface area (Å²) in [6, 6.07) is 0. The third-order valence-electron chi connectivity index (χ3n) is 2.11. The summed E-state index contributed by atoms with van der Waals surface area (Å²) in [5.41, 5.74) is 0. The van der Waals surface area contributed by atoms with E-state index in [1.807, 2.05) is 0 Å². The molecule has 0 saturated carbocycles. The lowest BCUT2D eigenvalue weighted by molar-refractivity contribution is 0.337. The molecule has 1 rings (SSSR count). The average molecular weight is 154 g/mol. The van der Waals surface area contributed by atoms with Gasteiger partial charge in [0.15, 0.2) is 0 Å². The molecule has 0 unspecified atom stereocenters. The Kier molecular flexibility index (Phi) is 3.43. The van der Waals surface area contributed by atoms with Crippen molar-refractivity contribution in [2.75, 3.05) is 33.2 Å². The fourth-order valence-corrected chi connectivity index (χ4v) is 1.43. The van der Waals surface area contributed by atoms with Gasteiger partial charge in [0.25, 0.3) is 0 Å². The van der Waals surface area contributed by atoms with Crippen molar-refractivity contribution in [2.24, 2.45) is 0 Å². The molecule has 0 aliphatic carbocycles. The molecule has 0 bridgehead atoms. The molecule has 1 fully saturated rings. The van der Waals surface area contributed by atoms with Crippen LogP contribution in [0.5, 0.6) is 0 Å². The molecule has 1 aliphatic rings. The first kappa shape index (κ1) is 8.60. The molecule has 0 aromatic heterocycles. The Balaban J connectivity index is 2.33. The van der Waals surface area contributed by atoms with E-state index in [4.69, 9.17) is 0 Å². The van der Waals surface area contributed by atoms with Gasteiger partial charge >= 0.3 is 0 Å². The minimum Gasteiger partial charge on any atom is -0.376 e. The fourth-order valence-electron chi connectivity index (χ4n) is 1.43. The molecular weight excluding hydrogens is 136 g/mol. The predicted molar refractivity (Wildman–Crippen MR) is 48.5 cm³/mol. The Morgan fingerprint density at radius 1 is 1.09 bits per heavy atom. The van der Waals surface area contributed by atoms with Crippen LogP contribution in [0, 0.1) is 0 Å². The Labute approximate surface area is 69.5 Å². The number of allylic oxidation sites excluding steroid dienone is 1. The van der Waals surface area contributed by atoms with Gasteiger partial charge < -0.3 is 9.80 Å². The maximum absolute atomic E-state index is 2.39. The molecule has 2 heteroatoms. The van der Waals surface area contributed by atoms with Crippen molar-refractivity contribution in [2.45, 2.75) is 13.3 Å². The van der Waals surface area contributed by atoms with Crippen LogP contribution in [0.25, 0.3) is 0 Å². The van der Waals surface area contributed by atoms with Crippen LogP contribution in [0.1, 0.15) is 13.3 Å². The minimum atomic E-state index is 1.18. The zero-order chi connectivity index (χ0) is 8.10. The molecule has 1 aliphatic heterocycles. The van der Waals surface area contributed by atoms with Gasteiger partial charge in [-0.2, -0.15) is 0 Å². The second-order valence-electron chi connectivity index (χ2n) is 3.18. The van der Waals surface area contributed by atoms with Crippen LogP contribution < -0.4 is 0 Å². The van der Waals surface area contributed by atoms with E-state index >= 15 is 0 Å². The van der Waals surface area contributed by atoms with Crippen LogP contribution >= 0.6 is 0 Å². The van der Waals surface area contributed by atoms with Gasteiger partial charge in [-0.05, 0) is 33.1 Å². The summed E-state index contributed by atoms with van der Waals surface area (Å²) in [4.78, 5) is 4.78. The van der Waals surface area contributed by atoms with Crippen molar-refractivity contribution < 1.29 is 0 Å². The lowest BCUT2D eigenvalue weighted by Gasteiger charge is -2.17. The van der Waals surface area contributed by atoms with E-state index in [-0.39, 0.29) is 0 Å². The zero-order valence-electron chi connectivity index (χ0n) is 7.58. The SMILES string of the molecule is C/C=C\N1CCCN(C)CC1. The summed E-state index contributed by atoms with van der Waals surface area (Å²) in [5.74, 6) is 0. The Morgan fingerprint density at radius 3 is 2.64 bits per heavy atom. The highest BCUT2D eigenvalue weighted by Gasteiger charge is 2.07. The van der Waals surface area contributed by atoms with Crippen molar-refractivity contribution in [3.05, 3.63) is 12.3 Å². The fraction of sp³-hybridized carbons (Fsp3) is 0.778. The molecule has 64 valence electrons. The van der Waals surface area contributed by atoms with Crippen molar-refractivity contribution in [3.63, 3.8) is 0 Å². The van der Waals surface area contributed by atoms with Gasteiger partial charge in [-0.25, -0.2) is 0 Å². The maximum atomic E-state index is 2.39. The minimum absolute atomic E-state index is 1.18. The molecule has 0 spiro atoms. The van der Waals surface area contributed by atoms with Crippen LogP contribution in [0.4, 0.5) is 0 Å². The van der Waals surface area contributed by atoms with Gasteiger partial charge in [-0.3, -0.25) is 0 Å². The smallest absolute Gasteiger partial charge is 0.0300 e. The van der Waals surface area contributed by atoms with Gasteiger partial charge in [0.2, 0.25) is 0 Å². The molecule has 0 aromatic carbocycles. The normalized spacial score (nSPS) is 22.5. The van der Waals surface area contributed by atoms with Gasteiger partial charge in [0.05, 0.1) is 0 Å². The quantitative estimate of drug-likeness (QED) is 0.559. The number of likely N-dealkylation sites (N-methyl/N-ethyl adjacent to an activating group) is 1. The molecule has 0 atom stereocenters. The summed E-state index contributed by atoms with van der Waals surface area (Å²) in [6.07, 6.45) is 5.60. The van der Waals surface area contributed by atoms with Crippen molar-refractivity contribution >= 4 is 0 Å². The first-order chi connectivity index (χ1) is 5.33. The van der Waals surface area contributed by atoms with Crippen LogP contribution in [-0.2, 0) is 0 Å². The third-order valence-corrected chi connectivity index (χ3v) is 2.11.